The van der Waals surface area contributed by atoms with E-state index in [4.69, 9.17) is 4.74 Å². The van der Waals surface area contributed by atoms with Crippen molar-refractivity contribution in [3.8, 4) is 5.75 Å². The van der Waals surface area contributed by atoms with Crippen molar-refractivity contribution in [3.63, 3.8) is 0 Å². The Morgan fingerprint density at radius 2 is 1.69 bits per heavy atom. The fourth-order valence-electron chi connectivity index (χ4n) is 4.19. The molecule has 0 aliphatic carbocycles. The van der Waals surface area contributed by atoms with E-state index in [9.17, 15) is 14.7 Å². The molecule has 1 aliphatic rings. The maximum absolute atomic E-state index is 13.3. The monoisotopic (exact) mass is 534 g/mol. The van der Waals surface area contributed by atoms with Gasteiger partial charge >= 0.3 is 0 Å². The van der Waals surface area contributed by atoms with Gasteiger partial charge in [-0.05, 0) is 73.5 Å². The van der Waals surface area contributed by atoms with E-state index in [-0.39, 0.29) is 11.3 Å². The molecule has 1 atom stereocenters. The van der Waals surface area contributed by atoms with Gasteiger partial charge in [-0.3, -0.25) is 14.5 Å². The summed E-state index contributed by atoms with van der Waals surface area (Å²) in [4.78, 5) is 30.1. The van der Waals surface area contributed by atoms with Crippen molar-refractivity contribution in [2.75, 3.05) is 30.5 Å². The molecule has 180 valence electrons. The third-order valence-electron chi connectivity index (χ3n) is 6.03. The van der Waals surface area contributed by atoms with Crippen LogP contribution in [0.15, 0.2) is 76.8 Å². The largest absolute Gasteiger partial charge is 0.507 e. The van der Waals surface area contributed by atoms with Crippen molar-refractivity contribution in [1.82, 2.24) is 0 Å². The smallest absolute Gasteiger partial charge is 0.300 e. The van der Waals surface area contributed by atoms with Gasteiger partial charge in [0.2, 0.25) is 0 Å². The first-order chi connectivity index (χ1) is 16.7. The molecule has 3 aromatic rings. The highest BCUT2D eigenvalue weighted by atomic mass is 79.9. The van der Waals surface area contributed by atoms with Crippen molar-refractivity contribution >= 4 is 44.8 Å². The second kappa shape index (κ2) is 9.96. The van der Waals surface area contributed by atoms with Crippen LogP contribution in [-0.4, -0.2) is 37.5 Å². The number of benzene rings is 3. The quantitative estimate of drug-likeness (QED) is 0.244. The summed E-state index contributed by atoms with van der Waals surface area (Å²) in [5.74, 6) is -0.923. The number of ketones is 1. The first-order valence-corrected chi connectivity index (χ1v) is 12.1. The molecule has 1 heterocycles. The lowest BCUT2D eigenvalue weighted by molar-refractivity contribution is -0.132. The van der Waals surface area contributed by atoms with Gasteiger partial charge in [0.05, 0.1) is 18.2 Å². The first kappa shape index (κ1) is 24.5. The van der Waals surface area contributed by atoms with Gasteiger partial charge < -0.3 is 14.7 Å². The number of aliphatic hydroxyl groups is 1. The van der Waals surface area contributed by atoms with E-state index >= 15 is 0 Å². The summed E-state index contributed by atoms with van der Waals surface area (Å²) in [6.45, 7) is 4.33. The predicted molar refractivity (Wildman–Crippen MR) is 142 cm³/mol. The molecule has 3 aromatic carbocycles. The van der Waals surface area contributed by atoms with Crippen molar-refractivity contribution in [3.05, 3.63) is 93.5 Å². The van der Waals surface area contributed by atoms with E-state index in [0.29, 0.717) is 29.2 Å². The second-order valence-electron chi connectivity index (χ2n) is 8.55. The van der Waals surface area contributed by atoms with Crippen LogP contribution < -0.4 is 14.5 Å². The summed E-state index contributed by atoms with van der Waals surface area (Å²) in [5.41, 5.74) is 3.66. The predicted octanol–water partition coefficient (Wildman–Crippen LogP) is 5.85. The average molecular weight is 535 g/mol. The number of carbonyl (C=O) groups is 2. The molecule has 1 saturated heterocycles. The zero-order valence-corrected chi connectivity index (χ0v) is 21.7. The molecule has 6 nitrogen and oxygen atoms in total. The SMILES string of the molecule is CCOc1ccc(C2/C(=C(/O)c3ccc(Br)c(C)c3)C(=O)C(=O)N2c2ccc(N(C)C)cc2)cc1. The average Bonchev–Trinajstić information content (AvgIpc) is 3.11. The topological polar surface area (TPSA) is 70.1 Å². The van der Waals surface area contributed by atoms with Crippen LogP contribution in [0.25, 0.3) is 5.76 Å². The van der Waals surface area contributed by atoms with Crippen molar-refractivity contribution in [2.24, 2.45) is 0 Å². The molecule has 0 aromatic heterocycles. The lowest BCUT2D eigenvalue weighted by Gasteiger charge is -2.26. The van der Waals surface area contributed by atoms with Crippen LogP contribution >= 0.6 is 15.9 Å². The van der Waals surface area contributed by atoms with E-state index in [1.54, 1.807) is 24.3 Å². The van der Waals surface area contributed by atoms with E-state index in [2.05, 4.69) is 15.9 Å². The number of hydrogen-bond acceptors (Lipinski definition) is 5. The fraction of sp³-hybridized carbons (Fsp3) is 0.214. The molecule has 7 heteroatoms. The van der Waals surface area contributed by atoms with Gasteiger partial charge in [-0.2, -0.15) is 0 Å². The first-order valence-electron chi connectivity index (χ1n) is 11.3. The molecule has 1 fully saturated rings. The molecule has 4 rings (SSSR count). The van der Waals surface area contributed by atoms with Gasteiger partial charge in [-0.25, -0.2) is 0 Å². The number of Topliss-reactive ketones (excluding diaryl/α,β-unsaturated/α-hetero) is 1. The van der Waals surface area contributed by atoms with Gasteiger partial charge in [0.15, 0.2) is 0 Å². The molecule has 0 bridgehead atoms. The van der Waals surface area contributed by atoms with Crippen LogP contribution in [0.5, 0.6) is 5.75 Å². The Morgan fingerprint density at radius 1 is 1.03 bits per heavy atom. The summed E-state index contributed by atoms with van der Waals surface area (Å²) in [5, 5.41) is 11.3. The Bertz CT molecular complexity index is 1300. The number of carbonyl (C=O) groups excluding carboxylic acids is 2. The highest BCUT2D eigenvalue weighted by molar-refractivity contribution is 9.10. The van der Waals surface area contributed by atoms with Crippen LogP contribution in [0.2, 0.25) is 0 Å². The van der Waals surface area contributed by atoms with E-state index in [1.807, 2.05) is 75.3 Å². The standard InChI is InChI=1S/C28H27BrN2O4/c1-5-35-22-13-6-18(7-14-22)25-24(26(32)19-8-15-23(29)17(2)16-19)27(33)28(34)31(25)21-11-9-20(10-12-21)30(3)4/h6-16,25,32H,5H2,1-4H3/b26-24-. The lowest BCUT2D eigenvalue weighted by Crippen LogP contribution is -2.29. The fourth-order valence-corrected chi connectivity index (χ4v) is 4.43. The summed E-state index contributed by atoms with van der Waals surface area (Å²) in [7, 11) is 3.86. The lowest BCUT2D eigenvalue weighted by atomic mass is 9.94. The summed E-state index contributed by atoms with van der Waals surface area (Å²) in [6, 6.07) is 19.2. The molecule has 0 saturated carbocycles. The van der Waals surface area contributed by atoms with Gasteiger partial charge in [-0.1, -0.05) is 34.1 Å². The molecule has 1 N–H and O–H groups in total. The third kappa shape index (κ3) is 4.68. The minimum Gasteiger partial charge on any atom is -0.507 e. The summed E-state index contributed by atoms with van der Waals surface area (Å²) < 4.78 is 6.45. The number of nitrogens with zero attached hydrogens (tertiary/aromatic N) is 2. The number of halogens is 1. The van der Waals surface area contributed by atoms with E-state index < -0.39 is 17.7 Å². The third-order valence-corrected chi connectivity index (χ3v) is 6.92. The Morgan fingerprint density at radius 3 is 2.26 bits per heavy atom. The number of amides is 1. The number of ether oxygens (including phenoxy) is 1. The minimum atomic E-state index is -0.792. The molecule has 1 aliphatic heterocycles. The Kier molecular flexibility index (Phi) is 6.98. The number of aliphatic hydroxyl groups excluding tert-OH is 1. The number of anilines is 2. The van der Waals surface area contributed by atoms with Crippen LogP contribution in [0, 0.1) is 6.92 Å². The molecule has 1 amide bonds. The van der Waals surface area contributed by atoms with Crippen LogP contribution in [-0.2, 0) is 9.59 Å². The van der Waals surface area contributed by atoms with Gasteiger partial charge in [0.1, 0.15) is 11.5 Å². The highest BCUT2D eigenvalue weighted by Crippen LogP contribution is 2.43. The van der Waals surface area contributed by atoms with Crippen LogP contribution in [0.4, 0.5) is 11.4 Å². The Hall–Kier alpha value is -3.58. The van der Waals surface area contributed by atoms with Gasteiger partial charge in [-0.15, -0.1) is 0 Å². The molecular weight excluding hydrogens is 508 g/mol. The second-order valence-corrected chi connectivity index (χ2v) is 9.40. The van der Waals surface area contributed by atoms with Crippen molar-refractivity contribution in [1.29, 1.82) is 0 Å². The van der Waals surface area contributed by atoms with Crippen molar-refractivity contribution < 1.29 is 19.4 Å². The summed E-state index contributed by atoms with van der Waals surface area (Å²) >= 11 is 3.47. The minimum absolute atomic E-state index is 0.0533. The number of rotatable bonds is 6. The zero-order chi connectivity index (χ0) is 25.3. The van der Waals surface area contributed by atoms with Crippen molar-refractivity contribution in [2.45, 2.75) is 19.9 Å². The molecular formula is C28H27BrN2O4. The Balaban J connectivity index is 1.89. The normalized spacial score (nSPS) is 17.1. The number of aryl methyl sites for hydroxylation is 1. The molecule has 0 radical (unpaired) electrons. The molecule has 0 spiro atoms. The molecule has 1 unspecified atom stereocenters. The van der Waals surface area contributed by atoms with Crippen LogP contribution in [0.3, 0.4) is 0 Å². The van der Waals surface area contributed by atoms with E-state index in [0.717, 1.165) is 15.7 Å². The maximum atomic E-state index is 13.3. The summed E-state index contributed by atoms with van der Waals surface area (Å²) in [6.07, 6.45) is 0. The van der Waals surface area contributed by atoms with Crippen LogP contribution in [0.1, 0.15) is 29.7 Å². The van der Waals surface area contributed by atoms with Gasteiger partial charge in [0, 0.05) is 35.5 Å². The maximum Gasteiger partial charge on any atom is 0.300 e. The number of hydrogen-bond donors (Lipinski definition) is 1. The highest BCUT2D eigenvalue weighted by Gasteiger charge is 2.47. The zero-order valence-electron chi connectivity index (χ0n) is 20.1. The van der Waals surface area contributed by atoms with Gasteiger partial charge in [0.25, 0.3) is 11.7 Å². The van der Waals surface area contributed by atoms with E-state index in [1.165, 1.54) is 4.90 Å². The Labute approximate surface area is 213 Å². The molecule has 35 heavy (non-hydrogen) atoms.